The van der Waals surface area contributed by atoms with Crippen LogP contribution in [0.25, 0.3) is 0 Å². The van der Waals surface area contributed by atoms with Crippen LogP contribution in [0.15, 0.2) is 47.0 Å². The number of pyridine rings is 1. The zero-order chi connectivity index (χ0) is 27.4. The van der Waals surface area contributed by atoms with Crippen LogP contribution in [0.1, 0.15) is 12.1 Å². The number of nitrogens with one attached hydrogen (secondary N) is 2. The van der Waals surface area contributed by atoms with E-state index in [0.29, 0.717) is 17.9 Å². The number of rotatable bonds is 10. The molecular formula is C22H23ClN7O6S2+. The number of aromatic nitrogens is 2. The Morgan fingerprint density at radius 1 is 1.34 bits per heavy atom. The average Bonchev–Trinajstić information content (AvgIpc) is 3.24. The van der Waals surface area contributed by atoms with Crippen molar-refractivity contribution < 1.29 is 33.7 Å². The van der Waals surface area contributed by atoms with E-state index in [9.17, 15) is 24.3 Å². The van der Waals surface area contributed by atoms with Crippen LogP contribution >= 0.6 is 34.7 Å². The van der Waals surface area contributed by atoms with Crippen molar-refractivity contribution in [3.63, 3.8) is 0 Å². The Hall–Kier alpha value is -3.53. The second-order valence-corrected chi connectivity index (χ2v) is 10.7. The molecule has 0 radical (unpaired) electrons. The summed E-state index contributed by atoms with van der Waals surface area (Å²) < 4.78 is 1.88. The fraction of sp³-hybridized carbons (Fsp3) is 0.318. The number of thioether (sulfide) groups is 1. The van der Waals surface area contributed by atoms with Gasteiger partial charge in [-0.2, -0.15) is 0 Å². The molecule has 1 fully saturated rings. The quantitative estimate of drug-likeness (QED) is 0.132. The van der Waals surface area contributed by atoms with Crippen molar-refractivity contribution in [3.8, 4) is 0 Å². The second kappa shape index (κ2) is 11.9. The summed E-state index contributed by atoms with van der Waals surface area (Å²) in [7, 11) is 1.22. The van der Waals surface area contributed by atoms with E-state index in [1.165, 1.54) is 23.8 Å². The highest BCUT2D eigenvalue weighted by Gasteiger charge is 2.54. The molecule has 4 rings (SSSR count). The molecule has 13 nitrogen and oxygen atoms in total. The Morgan fingerprint density at radius 3 is 2.74 bits per heavy atom. The third-order valence-electron chi connectivity index (χ3n) is 5.51. The van der Waals surface area contributed by atoms with Crippen LogP contribution in [-0.4, -0.2) is 75.2 Å². The molecule has 0 spiro atoms. The summed E-state index contributed by atoms with van der Waals surface area (Å²) in [5.74, 6) is -2.61. The maximum absolute atomic E-state index is 13.1. The number of nitrogens with zero attached hydrogens (tertiary/aromatic N) is 4. The van der Waals surface area contributed by atoms with Gasteiger partial charge in [0, 0.05) is 36.4 Å². The van der Waals surface area contributed by atoms with Gasteiger partial charge in [0.05, 0.1) is 0 Å². The summed E-state index contributed by atoms with van der Waals surface area (Å²) in [4.78, 5) is 60.2. The van der Waals surface area contributed by atoms with E-state index < -0.39 is 29.2 Å². The monoisotopic (exact) mass is 580 g/mol. The number of carbonyl (C=O) groups is 4. The molecule has 38 heavy (non-hydrogen) atoms. The number of fused-ring (bicyclic) bond motifs is 1. The molecule has 0 unspecified atom stereocenters. The zero-order valence-electron chi connectivity index (χ0n) is 19.9. The molecule has 0 aliphatic carbocycles. The van der Waals surface area contributed by atoms with Gasteiger partial charge in [0.2, 0.25) is 5.91 Å². The highest BCUT2D eigenvalue weighted by atomic mass is 35.5. The van der Waals surface area contributed by atoms with E-state index in [1.54, 1.807) is 12.4 Å². The Morgan fingerprint density at radius 2 is 2.08 bits per heavy atom. The van der Waals surface area contributed by atoms with Crippen molar-refractivity contribution in [2.24, 2.45) is 10.9 Å². The van der Waals surface area contributed by atoms with E-state index in [1.807, 2.05) is 22.8 Å². The van der Waals surface area contributed by atoms with Crippen LogP contribution in [0.4, 0.5) is 5.13 Å². The van der Waals surface area contributed by atoms with Gasteiger partial charge in [-0.15, -0.1) is 11.8 Å². The number of oxime groups is 1. The second-order valence-electron chi connectivity index (χ2n) is 8.02. The van der Waals surface area contributed by atoms with E-state index in [2.05, 4.69) is 20.8 Å². The number of β-lactam (4-membered cyclic amide) rings is 1. The standard InChI is InChI=1S/C22H22ClN7O6S2/c1-36-28-14(13-17(23)38-22(27-13)25-12(31)5-6-24)18(32)26-15-19(33)30-16(21(34)35)11(10-37-20(15)30)9-29-7-3-2-4-8-29/h2-4,7-8,15,20H,5-6,9-10,24H2,1H3,(H2-,25,26,27,31,32,34,35)/p+1/b28-14-/t15-,20-/m1/s1. The number of anilines is 1. The summed E-state index contributed by atoms with van der Waals surface area (Å²) in [5, 5.41) is 18.2. The molecule has 2 aromatic rings. The SMILES string of the molecule is CO/N=C(\C(=O)N[C@@H]1C(=O)N2C(C(=O)O)=C(C[n+]3ccccc3)CS[C@H]12)c1nc(NC(=O)CCN)sc1Cl. The molecule has 5 N–H and O–H groups in total. The van der Waals surface area contributed by atoms with Crippen molar-refractivity contribution >= 4 is 69.2 Å². The molecule has 0 bridgehead atoms. The Balaban J connectivity index is 1.51. The zero-order valence-corrected chi connectivity index (χ0v) is 22.3. The summed E-state index contributed by atoms with van der Waals surface area (Å²) >= 11 is 8.51. The Labute approximate surface area is 229 Å². The largest absolute Gasteiger partial charge is 0.477 e. The minimum absolute atomic E-state index is 0.0488. The van der Waals surface area contributed by atoms with Crippen molar-refractivity contribution in [1.82, 2.24) is 15.2 Å². The van der Waals surface area contributed by atoms with Crippen molar-refractivity contribution in [2.45, 2.75) is 24.4 Å². The molecule has 0 saturated carbocycles. The number of carboxylic acids is 1. The molecule has 2 atom stereocenters. The van der Waals surface area contributed by atoms with E-state index >= 15 is 0 Å². The van der Waals surface area contributed by atoms with Crippen LogP contribution in [0.5, 0.6) is 0 Å². The maximum atomic E-state index is 13.1. The van der Waals surface area contributed by atoms with Gasteiger partial charge < -0.3 is 26.3 Å². The van der Waals surface area contributed by atoms with E-state index in [4.69, 9.17) is 22.2 Å². The van der Waals surface area contributed by atoms with Crippen LogP contribution in [0.2, 0.25) is 4.34 Å². The Bertz CT molecular complexity index is 1330. The van der Waals surface area contributed by atoms with Gasteiger partial charge >= 0.3 is 5.97 Å². The highest BCUT2D eigenvalue weighted by Crippen LogP contribution is 2.40. The number of carboxylic acid groups (broad SMARTS) is 1. The molecule has 16 heteroatoms. The lowest BCUT2D eigenvalue weighted by Gasteiger charge is -2.49. The van der Waals surface area contributed by atoms with Gasteiger partial charge in [-0.1, -0.05) is 34.2 Å². The molecular weight excluding hydrogens is 558 g/mol. The lowest BCUT2D eigenvalue weighted by atomic mass is 10.0. The first-order valence-corrected chi connectivity index (χ1v) is 13.4. The van der Waals surface area contributed by atoms with Crippen LogP contribution in [-0.2, 0) is 30.6 Å². The molecule has 3 amide bonds. The minimum Gasteiger partial charge on any atom is -0.477 e. The van der Waals surface area contributed by atoms with Crippen LogP contribution < -0.4 is 20.9 Å². The van der Waals surface area contributed by atoms with Crippen molar-refractivity contribution in [3.05, 3.63) is 51.9 Å². The smallest absolute Gasteiger partial charge is 0.352 e. The number of halogens is 1. The van der Waals surface area contributed by atoms with Gasteiger partial charge in [-0.3, -0.25) is 19.3 Å². The maximum Gasteiger partial charge on any atom is 0.352 e. The van der Waals surface area contributed by atoms with Gasteiger partial charge in [0.1, 0.15) is 34.3 Å². The highest BCUT2D eigenvalue weighted by molar-refractivity contribution is 8.00. The predicted octanol–water partition coefficient (Wildman–Crippen LogP) is 0.161. The first-order valence-electron chi connectivity index (χ1n) is 11.2. The lowest BCUT2D eigenvalue weighted by Crippen LogP contribution is -2.71. The van der Waals surface area contributed by atoms with Gasteiger partial charge in [-0.25, -0.2) is 14.3 Å². The number of thiazole rings is 1. The minimum atomic E-state index is -1.22. The van der Waals surface area contributed by atoms with Crippen molar-refractivity contribution in [1.29, 1.82) is 0 Å². The number of hydrogen-bond acceptors (Lipinski definition) is 10. The molecule has 2 aliphatic heterocycles. The molecule has 200 valence electrons. The molecule has 1 saturated heterocycles. The van der Waals surface area contributed by atoms with E-state index in [-0.39, 0.29) is 45.4 Å². The van der Waals surface area contributed by atoms with E-state index in [0.717, 1.165) is 11.3 Å². The third kappa shape index (κ3) is 5.65. The summed E-state index contributed by atoms with van der Waals surface area (Å²) in [5.41, 5.74) is 5.50. The number of hydrogen-bond donors (Lipinski definition) is 4. The third-order valence-corrected chi connectivity index (χ3v) is 8.02. The summed E-state index contributed by atoms with van der Waals surface area (Å²) in [6, 6.07) is 4.49. The molecule has 2 aliphatic rings. The average molecular weight is 581 g/mol. The van der Waals surface area contributed by atoms with Crippen molar-refractivity contribution in [2.75, 3.05) is 24.7 Å². The predicted molar refractivity (Wildman–Crippen MR) is 139 cm³/mol. The first kappa shape index (κ1) is 27.5. The fourth-order valence-electron chi connectivity index (χ4n) is 3.87. The summed E-state index contributed by atoms with van der Waals surface area (Å²) in [6.07, 6.45) is 3.68. The molecule has 0 aromatic carbocycles. The van der Waals surface area contributed by atoms with Gasteiger partial charge in [-0.05, 0) is 0 Å². The number of amides is 3. The number of aliphatic carboxylic acids is 1. The summed E-state index contributed by atoms with van der Waals surface area (Å²) in [6.45, 7) is 0.452. The number of nitrogens with two attached hydrogens (primary N) is 1. The van der Waals surface area contributed by atoms with Crippen LogP contribution in [0.3, 0.4) is 0 Å². The van der Waals surface area contributed by atoms with Gasteiger partial charge in [0.25, 0.3) is 11.8 Å². The fourth-order valence-corrected chi connectivity index (χ4v) is 6.27. The normalized spacial score (nSPS) is 19.0. The number of carbonyl (C=O) groups excluding carboxylic acids is 3. The lowest BCUT2D eigenvalue weighted by molar-refractivity contribution is -0.689. The Kier molecular flexibility index (Phi) is 8.61. The topological polar surface area (TPSA) is 180 Å². The molecule has 4 heterocycles. The van der Waals surface area contributed by atoms with Crippen LogP contribution in [0, 0.1) is 0 Å². The van der Waals surface area contributed by atoms with Gasteiger partial charge in [0.15, 0.2) is 29.8 Å². The molecule has 2 aromatic heterocycles. The first-order chi connectivity index (χ1) is 18.2.